The highest BCUT2D eigenvalue weighted by Gasteiger charge is 2.08. The molecule has 0 heterocycles. The molecule has 100 valence electrons. The van der Waals surface area contributed by atoms with Gasteiger partial charge < -0.3 is 15.8 Å². The molecule has 0 aliphatic heterocycles. The van der Waals surface area contributed by atoms with E-state index in [0.717, 1.165) is 17.5 Å². The molecule has 1 aromatic rings. The Bertz CT molecular complexity index is 405. The lowest BCUT2D eigenvalue weighted by Gasteiger charge is -2.14. The third kappa shape index (κ3) is 4.37. The zero-order valence-corrected chi connectivity index (χ0v) is 11.3. The lowest BCUT2D eigenvalue weighted by Crippen LogP contribution is -2.35. The van der Waals surface area contributed by atoms with E-state index in [1.165, 1.54) is 0 Å². The summed E-state index contributed by atoms with van der Waals surface area (Å²) in [6.07, 6.45) is 0.907. The largest absolute Gasteiger partial charge is 0.483 e. The molecular weight excluding hydrogens is 228 g/mol. The number of hydrogen-bond donors (Lipinski definition) is 2. The summed E-state index contributed by atoms with van der Waals surface area (Å²) in [4.78, 5) is 11.6. The van der Waals surface area contributed by atoms with Crippen LogP contribution >= 0.6 is 0 Å². The number of nitrogens with one attached hydrogen (secondary N) is 1. The maximum atomic E-state index is 11.6. The molecule has 18 heavy (non-hydrogen) atoms. The summed E-state index contributed by atoms with van der Waals surface area (Å²) in [7, 11) is 0. The van der Waals surface area contributed by atoms with E-state index in [0.29, 0.717) is 12.3 Å². The molecule has 0 fully saturated rings. The Labute approximate surface area is 109 Å². The Hall–Kier alpha value is -1.55. The first-order chi connectivity index (χ1) is 8.56. The molecule has 0 radical (unpaired) electrons. The molecule has 1 aromatic carbocycles. The van der Waals surface area contributed by atoms with Gasteiger partial charge in [-0.3, -0.25) is 4.79 Å². The number of ether oxygens (including phenoxy) is 1. The summed E-state index contributed by atoms with van der Waals surface area (Å²) in [5.41, 5.74) is 7.70. The molecule has 0 aliphatic carbocycles. The summed E-state index contributed by atoms with van der Waals surface area (Å²) in [6.45, 7) is 6.43. The van der Waals surface area contributed by atoms with Crippen molar-refractivity contribution in [2.24, 2.45) is 5.73 Å². The van der Waals surface area contributed by atoms with Gasteiger partial charge in [-0.1, -0.05) is 24.6 Å². The molecule has 1 unspecified atom stereocenters. The normalized spacial score (nSPS) is 12.0. The van der Waals surface area contributed by atoms with Crippen LogP contribution in [0.25, 0.3) is 0 Å². The van der Waals surface area contributed by atoms with Gasteiger partial charge in [0.05, 0.1) is 0 Å². The van der Waals surface area contributed by atoms with Crippen molar-refractivity contribution < 1.29 is 9.53 Å². The number of nitrogens with two attached hydrogens (primary N) is 1. The van der Waals surface area contributed by atoms with Crippen molar-refractivity contribution in [3.8, 4) is 5.75 Å². The summed E-state index contributed by atoms with van der Waals surface area (Å²) in [6, 6.07) is 5.95. The topological polar surface area (TPSA) is 64.3 Å². The molecule has 1 atom stereocenters. The van der Waals surface area contributed by atoms with Gasteiger partial charge in [-0.2, -0.15) is 0 Å². The van der Waals surface area contributed by atoms with Crippen LogP contribution in [0.3, 0.4) is 0 Å². The van der Waals surface area contributed by atoms with E-state index >= 15 is 0 Å². The van der Waals surface area contributed by atoms with Crippen LogP contribution in [0.2, 0.25) is 0 Å². The molecular formula is C14H22N2O2. The van der Waals surface area contributed by atoms with Crippen LogP contribution < -0.4 is 15.8 Å². The van der Waals surface area contributed by atoms with Gasteiger partial charge in [0, 0.05) is 18.2 Å². The van der Waals surface area contributed by atoms with E-state index in [1.54, 1.807) is 0 Å². The highest BCUT2D eigenvalue weighted by Crippen LogP contribution is 2.19. The lowest BCUT2D eigenvalue weighted by molar-refractivity contribution is -0.123. The fourth-order valence-electron chi connectivity index (χ4n) is 1.57. The predicted octanol–water partition coefficient (Wildman–Crippen LogP) is 1.75. The van der Waals surface area contributed by atoms with E-state index in [1.807, 2.05) is 39.0 Å². The second kappa shape index (κ2) is 7.01. The second-order valence-electron chi connectivity index (χ2n) is 4.48. The van der Waals surface area contributed by atoms with E-state index in [2.05, 4.69) is 5.32 Å². The van der Waals surface area contributed by atoms with E-state index in [9.17, 15) is 4.79 Å². The molecule has 4 heteroatoms. The number of carbonyl (C=O) groups excluding carboxylic acids is 1. The molecule has 0 aliphatic rings. The van der Waals surface area contributed by atoms with Crippen molar-refractivity contribution in [3.63, 3.8) is 0 Å². The van der Waals surface area contributed by atoms with Gasteiger partial charge in [0.15, 0.2) is 6.61 Å². The van der Waals surface area contributed by atoms with E-state index in [-0.39, 0.29) is 18.6 Å². The summed E-state index contributed by atoms with van der Waals surface area (Å²) in [5, 5.41) is 2.85. The van der Waals surface area contributed by atoms with Crippen molar-refractivity contribution >= 4 is 5.91 Å². The third-order valence-corrected chi connectivity index (χ3v) is 2.81. The SMILES string of the molecule is CCC(C)NC(=O)COc1ccc(C)cc1CN. The van der Waals surface area contributed by atoms with Gasteiger partial charge >= 0.3 is 0 Å². The molecule has 4 nitrogen and oxygen atoms in total. The summed E-state index contributed by atoms with van der Waals surface area (Å²) in [5.74, 6) is 0.579. The van der Waals surface area contributed by atoms with Crippen molar-refractivity contribution in [1.82, 2.24) is 5.32 Å². The number of rotatable bonds is 6. The van der Waals surface area contributed by atoms with Gasteiger partial charge in [-0.05, 0) is 26.3 Å². The zero-order chi connectivity index (χ0) is 13.5. The fraction of sp³-hybridized carbons (Fsp3) is 0.500. The minimum atomic E-state index is -0.104. The molecule has 3 N–H and O–H groups in total. The first kappa shape index (κ1) is 14.5. The van der Waals surface area contributed by atoms with Crippen LogP contribution in [0.1, 0.15) is 31.4 Å². The van der Waals surface area contributed by atoms with Crippen LogP contribution in [-0.2, 0) is 11.3 Å². The minimum Gasteiger partial charge on any atom is -0.483 e. The Balaban J connectivity index is 2.55. The Morgan fingerprint density at radius 2 is 2.22 bits per heavy atom. The Morgan fingerprint density at radius 1 is 1.50 bits per heavy atom. The summed E-state index contributed by atoms with van der Waals surface area (Å²) >= 11 is 0. The Kier molecular flexibility index (Phi) is 5.65. The van der Waals surface area contributed by atoms with Gasteiger partial charge in [-0.15, -0.1) is 0 Å². The van der Waals surface area contributed by atoms with Crippen LogP contribution in [0.4, 0.5) is 0 Å². The third-order valence-electron chi connectivity index (χ3n) is 2.81. The maximum Gasteiger partial charge on any atom is 0.258 e. The molecule has 0 bridgehead atoms. The number of benzene rings is 1. The van der Waals surface area contributed by atoms with Crippen LogP contribution in [-0.4, -0.2) is 18.6 Å². The van der Waals surface area contributed by atoms with Crippen molar-refractivity contribution in [1.29, 1.82) is 0 Å². The maximum absolute atomic E-state index is 11.6. The lowest BCUT2D eigenvalue weighted by atomic mass is 10.1. The van der Waals surface area contributed by atoms with Gasteiger partial charge in [0.25, 0.3) is 5.91 Å². The monoisotopic (exact) mass is 250 g/mol. The average molecular weight is 250 g/mol. The number of aryl methyl sites for hydroxylation is 1. The second-order valence-corrected chi connectivity index (χ2v) is 4.48. The number of amides is 1. The predicted molar refractivity (Wildman–Crippen MR) is 72.5 cm³/mol. The Morgan fingerprint density at radius 3 is 2.83 bits per heavy atom. The molecule has 0 aromatic heterocycles. The molecule has 0 saturated heterocycles. The molecule has 1 amide bonds. The average Bonchev–Trinajstić information content (AvgIpc) is 2.36. The summed E-state index contributed by atoms with van der Waals surface area (Å²) < 4.78 is 5.50. The van der Waals surface area contributed by atoms with Gasteiger partial charge in [0.1, 0.15) is 5.75 Å². The number of carbonyl (C=O) groups is 1. The molecule has 0 saturated carbocycles. The smallest absolute Gasteiger partial charge is 0.258 e. The van der Waals surface area contributed by atoms with E-state index in [4.69, 9.17) is 10.5 Å². The van der Waals surface area contributed by atoms with Gasteiger partial charge in [0.2, 0.25) is 0 Å². The molecule has 0 spiro atoms. The fourth-order valence-corrected chi connectivity index (χ4v) is 1.57. The van der Waals surface area contributed by atoms with Crippen LogP contribution in [0.15, 0.2) is 18.2 Å². The van der Waals surface area contributed by atoms with Gasteiger partial charge in [-0.25, -0.2) is 0 Å². The first-order valence-corrected chi connectivity index (χ1v) is 6.28. The standard InChI is InChI=1S/C14H22N2O2/c1-4-11(3)16-14(17)9-18-13-6-5-10(2)7-12(13)8-15/h5-7,11H,4,8-9,15H2,1-3H3,(H,16,17). The number of hydrogen-bond acceptors (Lipinski definition) is 3. The van der Waals surface area contributed by atoms with Crippen molar-refractivity contribution in [3.05, 3.63) is 29.3 Å². The van der Waals surface area contributed by atoms with Crippen LogP contribution in [0.5, 0.6) is 5.75 Å². The van der Waals surface area contributed by atoms with Crippen molar-refractivity contribution in [2.75, 3.05) is 6.61 Å². The highest BCUT2D eigenvalue weighted by molar-refractivity contribution is 5.77. The minimum absolute atomic E-state index is 0.0282. The van der Waals surface area contributed by atoms with E-state index < -0.39 is 0 Å². The highest BCUT2D eigenvalue weighted by atomic mass is 16.5. The van der Waals surface area contributed by atoms with Crippen molar-refractivity contribution in [2.45, 2.75) is 39.8 Å². The zero-order valence-electron chi connectivity index (χ0n) is 11.3. The van der Waals surface area contributed by atoms with Crippen LogP contribution in [0, 0.1) is 6.92 Å². The quantitative estimate of drug-likeness (QED) is 0.808. The molecule has 1 rings (SSSR count). The first-order valence-electron chi connectivity index (χ1n) is 6.28.